The van der Waals surface area contributed by atoms with Crippen LogP contribution >= 0.6 is 15.9 Å². The molecule has 0 aliphatic heterocycles. The molecule has 0 aromatic heterocycles. The molecule has 0 saturated heterocycles. The van der Waals surface area contributed by atoms with Crippen LogP contribution in [-0.2, 0) is 9.59 Å². The van der Waals surface area contributed by atoms with E-state index in [-0.39, 0.29) is 24.8 Å². The quantitative estimate of drug-likeness (QED) is 0.878. The van der Waals surface area contributed by atoms with Crippen LogP contribution in [0, 0.1) is 0 Å². The summed E-state index contributed by atoms with van der Waals surface area (Å²) in [6, 6.07) is 7.44. The first kappa shape index (κ1) is 13.7. The summed E-state index contributed by atoms with van der Waals surface area (Å²) in [6.45, 7) is 1.86. The van der Waals surface area contributed by atoms with Crippen LogP contribution in [0.4, 0.5) is 0 Å². The third-order valence-electron chi connectivity index (χ3n) is 2.32. The number of hydrogen-bond acceptors (Lipinski definition) is 2. The van der Waals surface area contributed by atoms with Gasteiger partial charge >= 0.3 is 5.97 Å². The van der Waals surface area contributed by atoms with Crippen molar-refractivity contribution in [3.63, 3.8) is 0 Å². The highest BCUT2D eigenvalue weighted by Crippen LogP contribution is 2.22. The van der Waals surface area contributed by atoms with Gasteiger partial charge in [0, 0.05) is 10.9 Å². The van der Waals surface area contributed by atoms with Gasteiger partial charge in [-0.05, 0) is 18.6 Å². The van der Waals surface area contributed by atoms with Gasteiger partial charge in [-0.2, -0.15) is 0 Å². The minimum absolute atomic E-state index is 0.00409. The minimum atomic E-state index is -0.964. The molecule has 1 amide bonds. The molecule has 1 aromatic rings. The lowest BCUT2D eigenvalue weighted by atomic mass is 10.1. The summed E-state index contributed by atoms with van der Waals surface area (Å²) in [6.07, 6.45) is -0.140. The van der Waals surface area contributed by atoms with Gasteiger partial charge in [0.1, 0.15) is 0 Å². The molecule has 0 bridgehead atoms. The minimum Gasteiger partial charge on any atom is -0.481 e. The summed E-state index contributed by atoms with van der Waals surface area (Å²) in [5.41, 5.74) is 0.969. The summed E-state index contributed by atoms with van der Waals surface area (Å²) in [5.74, 6) is -1.22. The van der Waals surface area contributed by atoms with Crippen molar-refractivity contribution in [1.29, 1.82) is 0 Å². The van der Waals surface area contributed by atoms with Crippen molar-refractivity contribution in [2.24, 2.45) is 0 Å². The molecule has 0 aliphatic carbocycles. The third-order valence-corrected chi connectivity index (χ3v) is 3.04. The fourth-order valence-electron chi connectivity index (χ4n) is 1.44. The molecule has 0 saturated carbocycles. The Hall–Kier alpha value is -1.36. The molecule has 1 aromatic carbocycles. The molecule has 17 heavy (non-hydrogen) atoms. The van der Waals surface area contributed by atoms with Crippen LogP contribution in [-0.4, -0.2) is 17.0 Å². The van der Waals surface area contributed by atoms with E-state index in [1.165, 1.54) is 0 Å². The van der Waals surface area contributed by atoms with Gasteiger partial charge in [-0.1, -0.05) is 34.1 Å². The molecule has 1 rings (SSSR count). The zero-order chi connectivity index (χ0) is 12.8. The van der Waals surface area contributed by atoms with Gasteiger partial charge in [0.05, 0.1) is 12.5 Å². The van der Waals surface area contributed by atoms with Crippen molar-refractivity contribution in [1.82, 2.24) is 5.32 Å². The number of amides is 1. The molecular weight excluding hydrogens is 286 g/mol. The van der Waals surface area contributed by atoms with E-state index < -0.39 is 5.97 Å². The van der Waals surface area contributed by atoms with Crippen LogP contribution in [0.1, 0.15) is 31.4 Å². The van der Waals surface area contributed by atoms with E-state index in [1.807, 2.05) is 31.2 Å². The maximum Gasteiger partial charge on any atom is 0.303 e. The number of carboxylic acids is 1. The van der Waals surface area contributed by atoms with Gasteiger partial charge in [0.25, 0.3) is 0 Å². The second-order valence-corrected chi connectivity index (χ2v) is 4.56. The number of hydrogen-bond donors (Lipinski definition) is 2. The maximum absolute atomic E-state index is 11.5. The van der Waals surface area contributed by atoms with E-state index in [1.54, 1.807) is 0 Å². The second kappa shape index (κ2) is 6.39. The summed E-state index contributed by atoms with van der Waals surface area (Å²) in [4.78, 5) is 21.8. The summed E-state index contributed by atoms with van der Waals surface area (Å²) in [7, 11) is 0. The normalized spacial score (nSPS) is 11.9. The van der Waals surface area contributed by atoms with Gasteiger partial charge in [-0.3, -0.25) is 9.59 Å². The lowest BCUT2D eigenvalue weighted by Crippen LogP contribution is -2.27. The van der Waals surface area contributed by atoms with Crippen molar-refractivity contribution < 1.29 is 14.7 Å². The summed E-state index contributed by atoms with van der Waals surface area (Å²) < 4.78 is 0.922. The molecular formula is C12H14BrNO3. The lowest BCUT2D eigenvalue weighted by Gasteiger charge is -2.15. The fraction of sp³-hybridized carbons (Fsp3) is 0.333. The molecule has 0 aliphatic rings. The Morgan fingerprint density at radius 1 is 1.35 bits per heavy atom. The highest BCUT2D eigenvalue weighted by atomic mass is 79.9. The first-order valence-electron chi connectivity index (χ1n) is 5.26. The molecule has 2 N–H and O–H groups in total. The van der Waals surface area contributed by atoms with Gasteiger partial charge in [-0.25, -0.2) is 0 Å². The zero-order valence-corrected chi connectivity index (χ0v) is 11.0. The number of nitrogens with one attached hydrogen (secondary N) is 1. The number of aliphatic carboxylic acids is 1. The zero-order valence-electron chi connectivity index (χ0n) is 9.44. The van der Waals surface area contributed by atoms with E-state index in [0.29, 0.717) is 0 Å². The monoisotopic (exact) mass is 299 g/mol. The van der Waals surface area contributed by atoms with E-state index in [9.17, 15) is 9.59 Å². The van der Waals surface area contributed by atoms with Crippen molar-refractivity contribution in [3.05, 3.63) is 34.3 Å². The predicted octanol–water partition coefficient (Wildman–Crippen LogP) is 2.49. The van der Waals surface area contributed by atoms with Crippen molar-refractivity contribution >= 4 is 27.8 Å². The number of carboxylic acid groups (broad SMARTS) is 1. The molecule has 92 valence electrons. The number of carbonyl (C=O) groups is 2. The summed E-state index contributed by atoms with van der Waals surface area (Å²) in [5, 5.41) is 11.2. The van der Waals surface area contributed by atoms with Gasteiger partial charge in [0.2, 0.25) is 5.91 Å². The van der Waals surface area contributed by atoms with E-state index >= 15 is 0 Å². The van der Waals surface area contributed by atoms with Crippen molar-refractivity contribution in [3.8, 4) is 0 Å². The van der Waals surface area contributed by atoms with Crippen LogP contribution in [0.2, 0.25) is 0 Å². The highest BCUT2D eigenvalue weighted by molar-refractivity contribution is 9.10. The number of benzene rings is 1. The number of halogens is 1. The molecule has 0 fully saturated rings. The van der Waals surface area contributed by atoms with E-state index in [4.69, 9.17) is 5.11 Å². The molecule has 4 nitrogen and oxygen atoms in total. The smallest absolute Gasteiger partial charge is 0.303 e. The number of rotatable bonds is 5. The predicted molar refractivity (Wildman–Crippen MR) is 67.6 cm³/mol. The van der Waals surface area contributed by atoms with Crippen LogP contribution in [0.5, 0.6) is 0 Å². The Morgan fingerprint density at radius 3 is 2.59 bits per heavy atom. The summed E-state index contributed by atoms with van der Waals surface area (Å²) >= 11 is 3.40. The number of carbonyl (C=O) groups excluding carboxylic acids is 1. The maximum atomic E-state index is 11.5. The Labute approximate surface area is 108 Å². The highest BCUT2D eigenvalue weighted by Gasteiger charge is 2.12. The molecule has 0 spiro atoms. The van der Waals surface area contributed by atoms with Crippen LogP contribution < -0.4 is 5.32 Å². The average molecular weight is 300 g/mol. The van der Waals surface area contributed by atoms with E-state index in [0.717, 1.165) is 10.0 Å². The van der Waals surface area contributed by atoms with Crippen LogP contribution in [0.3, 0.4) is 0 Å². The van der Waals surface area contributed by atoms with Crippen LogP contribution in [0.15, 0.2) is 28.7 Å². The van der Waals surface area contributed by atoms with Gasteiger partial charge in [0.15, 0.2) is 0 Å². The fourth-order valence-corrected chi connectivity index (χ4v) is 2.07. The van der Waals surface area contributed by atoms with Crippen molar-refractivity contribution in [2.75, 3.05) is 0 Å². The lowest BCUT2D eigenvalue weighted by molar-refractivity contribution is -0.138. The molecule has 0 heterocycles. The van der Waals surface area contributed by atoms with Gasteiger partial charge < -0.3 is 10.4 Å². The Bertz CT molecular complexity index is 420. The average Bonchev–Trinajstić information content (AvgIpc) is 2.26. The largest absolute Gasteiger partial charge is 0.481 e. The molecule has 5 heteroatoms. The standard InChI is InChI=1S/C12H14BrNO3/c1-8(9-4-2-3-5-10(9)13)14-11(15)6-7-12(16)17/h2-5,8H,6-7H2,1H3,(H,14,15)(H,16,17)/t8-/m0/s1. The Balaban J connectivity index is 2.55. The first-order valence-corrected chi connectivity index (χ1v) is 6.05. The topological polar surface area (TPSA) is 66.4 Å². The SMILES string of the molecule is C[C@H](NC(=O)CCC(=O)O)c1ccccc1Br. The van der Waals surface area contributed by atoms with E-state index in [2.05, 4.69) is 21.2 Å². The molecule has 0 unspecified atom stereocenters. The molecule has 1 atom stereocenters. The van der Waals surface area contributed by atoms with Crippen LogP contribution in [0.25, 0.3) is 0 Å². The second-order valence-electron chi connectivity index (χ2n) is 3.70. The van der Waals surface area contributed by atoms with Crippen molar-refractivity contribution in [2.45, 2.75) is 25.8 Å². The third kappa shape index (κ3) is 4.56. The molecule has 0 radical (unpaired) electrons. The first-order chi connectivity index (χ1) is 8.00. The van der Waals surface area contributed by atoms with Gasteiger partial charge in [-0.15, -0.1) is 0 Å². The Morgan fingerprint density at radius 2 is 2.00 bits per heavy atom. The Kier molecular flexibility index (Phi) is 5.15.